The molecular weight excluding hydrogens is 416 g/mol. The Morgan fingerprint density at radius 3 is 2.09 bits per heavy atom. The molecule has 7 nitrogen and oxygen atoms in total. The van der Waals surface area contributed by atoms with Crippen LogP contribution >= 0.6 is 0 Å². The number of carbonyl (C=O) groups is 1. The lowest BCUT2D eigenvalue weighted by Gasteiger charge is -2.38. The fourth-order valence-corrected chi connectivity index (χ4v) is 4.37. The molecule has 1 aromatic rings. The summed E-state index contributed by atoms with van der Waals surface area (Å²) in [5.41, 5.74) is 2.18. The van der Waals surface area contributed by atoms with E-state index in [0.717, 1.165) is 55.4 Å². The molecule has 0 aromatic carbocycles. The number of piperazine rings is 1. The third kappa shape index (κ3) is 7.22. The molecule has 1 aromatic heterocycles. The Labute approximate surface area is 198 Å². The van der Waals surface area contributed by atoms with Gasteiger partial charge >= 0.3 is 5.69 Å². The molecule has 2 fully saturated rings. The third-order valence-electron chi connectivity index (χ3n) is 6.51. The minimum absolute atomic E-state index is 0.0385. The lowest BCUT2D eigenvalue weighted by atomic mass is 9.88. The van der Waals surface area contributed by atoms with Gasteiger partial charge in [-0.15, -0.1) is 0 Å². The molecule has 2 heterocycles. The predicted octanol–water partition coefficient (Wildman–Crippen LogP) is 1.75. The summed E-state index contributed by atoms with van der Waals surface area (Å²) in [5, 5.41) is 1.61. The molecule has 1 aliphatic carbocycles. The molecule has 2 aliphatic rings. The summed E-state index contributed by atoms with van der Waals surface area (Å²) in [6, 6.07) is 0. The van der Waals surface area contributed by atoms with Crippen LogP contribution in [0.25, 0.3) is 12.7 Å². The number of amides is 1. The van der Waals surface area contributed by atoms with Gasteiger partial charge in [-0.1, -0.05) is 44.1 Å². The van der Waals surface area contributed by atoms with Crippen molar-refractivity contribution in [3.05, 3.63) is 45.1 Å². The van der Waals surface area contributed by atoms with E-state index >= 15 is 0 Å². The van der Waals surface area contributed by atoms with Crippen molar-refractivity contribution in [2.45, 2.75) is 46.0 Å². The maximum Gasteiger partial charge on any atom is 0.328 e. The normalized spacial score (nSPS) is 17.4. The largest absolute Gasteiger partial charge is 0.379 e. The van der Waals surface area contributed by atoms with Crippen molar-refractivity contribution in [1.29, 1.82) is 0 Å². The molecule has 1 aliphatic heterocycles. The predicted molar refractivity (Wildman–Crippen MR) is 135 cm³/mol. The highest BCUT2D eigenvalue weighted by Crippen LogP contribution is 2.26. The van der Waals surface area contributed by atoms with Crippen LogP contribution in [0.5, 0.6) is 0 Å². The van der Waals surface area contributed by atoms with Crippen molar-refractivity contribution in [1.82, 2.24) is 18.9 Å². The number of rotatable bonds is 5. The Morgan fingerprint density at radius 1 is 1.03 bits per heavy atom. The average Bonchev–Trinajstić information content (AvgIpc) is 3.00. The molecule has 184 valence electrons. The first kappa shape index (κ1) is 26.7. The Kier molecular flexibility index (Phi) is 10.2. The van der Waals surface area contributed by atoms with Crippen molar-refractivity contribution in [3.8, 4) is 0 Å². The van der Waals surface area contributed by atoms with Gasteiger partial charge in [-0.25, -0.2) is 4.79 Å². The Morgan fingerprint density at radius 2 is 1.61 bits per heavy atom. The van der Waals surface area contributed by atoms with Crippen LogP contribution in [0.2, 0.25) is 0 Å². The van der Waals surface area contributed by atoms with Crippen LogP contribution in [0.4, 0.5) is 0 Å². The number of carbonyl (C=O) groups excluding carboxylic acids is 1. The summed E-state index contributed by atoms with van der Waals surface area (Å²) in [4.78, 5) is 28.2. The molecule has 33 heavy (non-hydrogen) atoms. The van der Waals surface area contributed by atoms with Gasteiger partial charge in [0.1, 0.15) is 0 Å². The lowest BCUT2D eigenvalue weighted by molar-refractivity contribution is -0.138. The summed E-state index contributed by atoms with van der Waals surface area (Å²) < 4.78 is 8.25. The van der Waals surface area contributed by atoms with E-state index in [1.807, 2.05) is 30.9 Å². The number of methoxy groups -OCH3 is 1. The van der Waals surface area contributed by atoms with Crippen molar-refractivity contribution < 1.29 is 9.53 Å². The van der Waals surface area contributed by atoms with Crippen LogP contribution < -0.4 is 16.4 Å². The summed E-state index contributed by atoms with van der Waals surface area (Å²) >= 11 is 0. The number of allylic oxidation sites excluding steroid dienone is 2. The fourth-order valence-electron chi connectivity index (χ4n) is 4.37. The summed E-state index contributed by atoms with van der Waals surface area (Å²) in [5.74, 6) is 0.680. The number of aromatic nitrogens is 2. The molecule has 1 saturated carbocycles. The van der Waals surface area contributed by atoms with Crippen molar-refractivity contribution >= 4 is 18.6 Å². The molecule has 1 saturated heterocycles. The highest BCUT2D eigenvalue weighted by molar-refractivity contribution is 5.79. The quantitative estimate of drug-likeness (QED) is 0.675. The highest BCUT2D eigenvalue weighted by Gasteiger charge is 2.28. The van der Waals surface area contributed by atoms with E-state index in [1.54, 1.807) is 30.3 Å². The maximum atomic E-state index is 12.4. The van der Waals surface area contributed by atoms with Crippen LogP contribution in [0.15, 0.2) is 28.7 Å². The summed E-state index contributed by atoms with van der Waals surface area (Å²) in [6.07, 6.45) is 9.82. The van der Waals surface area contributed by atoms with Gasteiger partial charge < -0.3 is 14.5 Å². The number of ether oxygens (including phenoxy) is 1. The number of nitrogens with zero attached hydrogens (tertiary/aromatic N) is 4. The molecule has 0 bridgehead atoms. The van der Waals surface area contributed by atoms with Gasteiger partial charge in [0.2, 0.25) is 5.91 Å². The Bertz CT molecular complexity index is 1000. The van der Waals surface area contributed by atoms with Crippen molar-refractivity contribution in [2.75, 3.05) is 39.9 Å². The third-order valence-corrected chi connectivity index (χ3v) is 6.51. The minimum Gasteiger partial charge on any atom is -0.379 e. The molecule has 3 rings (SSSR count). The fraction of sp³-hybridized carbons (Fsp3) is 0.615. The van der Waals surface area contributed by atoms with E-state index in [4.69, 9.17) is 4.74 Å². The van der Waals surface area contributed by atoms with Gasteiger partial charge in [-0.2, -0.15) is 0 Å². The molecule has 0 spiro atoms. The van der Waals surface area contributed by atoms with E-state index < -0.39 is 0 Å². The zero-order chi connectivity index (χ0) is 24.5. The van der Waals surface area contributed by atoms with E-state index in [9.17, 15) is 9.59 Å². The topological polar surface area (TPSA) is 59.7 Å². The molecule has 0 radical (unpaired) electrons. The standard InChI is InChI=1S/C15H26N2O2.C11H16N2O/c1-13(12-19-2)16-8-10-17(11-9-16)15(18)14-6-4-3-5-7-14;1-8(2)6-7-10-9(3)12(4)11(14)13(10)5/h14H,1,3-12H2,2H3;6-7H,3H2,1-2,4-5H3/b;10-7+. The van der Waals surface area contributed by atoms with E-state index in [1.165, 1.54) is 24.8 Å². The summed E-state index contributed by atoms with van der Waals surface area (Å²) in [6.45, 7) is 15.9. The first-order chi connectivity index (χ1) is 15.7. The maximum absolute atomic E-state index is 12.4. The van der Waals surface area contributed by atoms with Crippen LogP contribution in [-0.4, -0.2) is 64.7 Å². The summed E-state index contributed by atoms with van der Waals surface area (Å²) in [7, 11) is 5.17. The Balaban J connectivity index is 0.000000245. The second kappa shape index (κ2) is 12.6. The van der Waals surface area contributed by atoms with E-state index in [-0.39, 0.29) is 5.69 Å². The number of hydrogen-bond donors (Lipinski definition) is 0. The second-order valence-electron chi connectivity index (χ2n) is 9.29. The van der Waals surface area contributed by atoms with Crippen LogP contribution in [0.3, 0.4) is 0 Å². The molecule has 0 unspecified atom stereocenters. The van der Waals surface area contributed by atoms with E-state index in [0.29, 0.717) is 18.4 Å². The average molecular weight is 459 g/mol. The Hall–Kier alpha value is -2.54. The number of hydrogen-bond acceptors (Lipinski definition) is 4. The first-order valence-electron chi connectivity index (χ1n) is 11.9. The van der Waals surface area contributed by atoms with Crippen molar-refractivity contribution in [2.24, 2.45) is 20.0 Å². The molecule has 0 N–H and O–H groups in total. The van der Waals surface area contributed by atoms with E-state index in [2.05, 4.69) is 18.1 Å². The van der Waals surface area contributed by atoms with Gasteiger partial charge in [0.15, 0.2) is 0 Å². The minimum atomic E-state index is -0.0385. The van der Waals surface area contributed by atoms with Gasteiger partial charge in [0, 0.05) is 59.0 Å². The van der Waals surface area contributed by atoms with Crippen molar-refractivity contribution in [3.63, 3.8) is 0 Å². The second-order valence-corrected chi connectivity index (χ2v) is 9.29. The highest BCUT2D eigenvalue weighted by atomic mass is 16.5. The van der Waals surface area contributed by atoms with Gasteiger partial charge in [-0.05, 0) is 32.8 Å². The molecule has 1 amide bonds. The lowest BCUT2D eigenvalue weighted by Crippen LogP contribution is -2.50. The first-order valence-corrected chi connectivity index (χ1v) is 11.9. The van der Waals surface area contributed by atoms with Crippen LogP contribution in [0.1, 0.15) is 46.0 Å². The van der Waals surface area contributed by atoms with Crippen LogP contribution in [-0.2, 0) is 23.6 Å². The zero-order valence-corrected chi connectivity index (χ0v) is 21.2. The van der Waals surface area contributed by atoms with Gasteiger partial charge in [0.25, 0.3) is 0 Å². The molecular formula is C26H42N4O3. The zero-order valence-electron chi connectivity index (χ0n) is 21.2. The molecule has 7 heteroatoms. The molecule has 0 atom stereocenters. The van der Waals surface area contributed by atoms with Gasteiger partial charge in [-0.3, -0.25) is 13.9 Å². The SMILES string of the molecule is C=C(COC)N1CCN(C(=O)C2CCCCC2)CC1.C=c1/c(=C\C=C(C)C)n(C)c(=O)n1C. The smallest absolute Gasteiger partial charge is 0.328 e. The van der Waals surface area contributed by atoms with Gasteiger partial charge in [0.05, 0.1) is 17.3 Å². The number of imidazole rings is 1. The monoisotopic (exact) mass is 458 g/mol. The van der Waals surface area contributed by atoms with Crippen LogP contribution in [0, 0.1) is 5.92 Å².